The van der Waals surface area contributed by atoms with Crippen molar-refractivity contribution in [3.63, 3.8) is 0 Å². The Labute approximate surface area is 179 Å². The van der Waals surface area contributed by atoms with Crippen LogP contribution in [0.1, 0.15) is 56.2 Å². The van der Waals surface area contributed by atoms with Crippen molar-refractivity contribution < 1.29 is 9.53 Å². The minimum absolute atomic E-state index is 0.171. The molecule has 0 aliphatic heterocycles. The largest absolute Gasteiger partial charge is 0.465 e. The van der Waals surface area contributed by atoms with Crippen LogP contribution in [-0.4, -0.2) is 47.1 Å². The van der Waals surface area contributed by atoms with Gasteiger partial charge in [-0.15, -0.1) is 10.2 Å². The van der Waals surface area contributed by atoms with Crippen LogP contribution >= 0.6 is 0 Å². The third kappa shape index (κ3) is 4.16. The number of fused-ring (bicyclic) bond motifs is 1. The van der Waals surface area contributed by atoms with Crippen LogP contribution in [0.2, 0.25) is 0 Å². The number of carbonyl (C=O) groups is 1. The average Bonchev–Trinajstić information content (AvgIpc) is 3.47. The van der Waals surface area contributed by atoms with Gasteiger partial charge in [-0.3, -0.25) is 14.2 Å². The lowest BCUT2D eigenvalue weighted by molar-refractivity contribution is -0.145. The Morgan fingerprint density at radius 2 is 2.10 bits per heavy atom. The molecule has 1 N–H and O–H groups in total. The lowest BCUT2D eigenvalue weighted by Crippen LogP contribution is -2.21. The second kappa shape index (κ2) is 9.03. The summed E-state index contributed by atoms with van der Waals surface area (Å²) >= 11 is 0. The van der Waals surface area contributed by atoms with E-state index in [1.54, 1.807) is 31.8 Å². The zero-order valence-electron chi connectivity index (χ0n) is 17.8. The molecule has 0 aromatic carbocycles. The highest BCUT2D eigenvalue weighted by Crippen LogP contribution is 2.28. The van der Waals surface area contributed by atoms with Crippen LogP contribution in [0.5, 0.6) is 0 Å². The van der Waals surface area contributed by atoms with Gasteiger partial charge in [0.15, 0.2) is 11.5 Å². The van der Waals surface area contributed by atoms with Gasteiger partial charge in [0.2, 0.25) is 0 Å². The highest BCUT2D eigenvalue weighted by Gasteiger charge is 2.29. The number of imidazole rings is 1. The molecular formula is C22H25N7O2. The van der Waals surface area contributed by atoms with Gasteiger partial charge < -0.3 is 9.72 Å². The summed E-state index contributed by atoms with van der Waals surface area (Å²) in [5.41, 5.74) is 3.94. The van der Waals surface area contributed by atoms with E-state index in [0.29, 0.717) is 17.9 Å². The fourth-order valence-electron chi connectivity index (χ4n) is 3.49. The van der Waals surface area contributed by atoms with E-state index >= 15 is 0 Å². The quantitative estimate of drug-likeness (QED) is 0.436. The van der Waals surface area contributed by atoms with E-state index in [-0.39, 0.29) is 18.5 Å². The van der Waals surface area contributed by atoms with E-state index in [1.807, 2.05) is 22.7 Å². The van der Waals surface area contributed by atoms with Gasteiger partial charge in [0, 0.05) is 48.4 Å². The van der Waals surface area contributed by atoms with Crippen molar-refractivity contribution in [3.8, 4) is 11.3 Å². The van der Waals surface area contributed by atoms with Crippen molar-refractivity contribution in [2.75, 3.05) is 6.61 Å². The Bertz CT molecular complexity index is 1160. The van der Waals surface area contributed by atoms with Crippen molar-refractivity contribution in [1.82, 2.24) is 34.5 Å². The highest BCUT2D eigenvalue weighted by molar-refractivity contribution is 5.78. The third-order valence-corrected chi connectivity index (χ3v) is 5.34. The van der Waals surface area contributed by atoms with Gasteiger partial charge in [-0.05, 0) is 25.5 Å². The van der Waals surface area contributed by atoms with Crippen molar-refractivity contribution in [1.29, 1.82) is 0 Å². The predicted molar refractivity (Wildman–Crippen MR) is 114 cm³/mol. The number of pyridine rings is 1. The van der Waals surface area contributed by atoms with Crippen LogP contribution in [0, 0.1) is 0 Å². The van der Waals surface area contributed by atoms with Gasteiger partial charge in [0.25, 0.3) is 0 Å². The van der Waals surface area contributed by atoms with Gasteiger partial charge in [-0.2, -0.15) is 0 Å². The fraction of sp³-hybridized carbons (Fsp3) is 0.364. The summed E-state index contributed by atoms with van der Waals surface area (Å²) in [6.07, 6.45) is 9.93. The maximum Gasteiger partial charge on any atom is 0.317 e. The lowest BCUT2D eigenvalue weighted by atomic mass is 10.0. The first-order valence-corrected chi connectivity index (χ1v) is 10.4. The van der Waals surface area contributed by atoms with E-state index in [1.165, 1.54) is 0 Å². The maximum absolute atomic E-state index is 12.9. The smallest absolute Gasteiger partial charge is 0.317 e. The summed E-state index contributed by atoms with van der Waals surface area (Å²) in [6.45, 7) is 6.29. The van der Waals surface area contributed by atoms with Crippen molar-refractivity contribution in [2.45, 2.75) is 45.4 Å². The molecular weight excluding hydrogens is 394 g/mol. The number of nitrogens with one attached hydrogen (secondary N) is 1. The molecule has 31 heavy (non-hydrogen) atoms. The molecule has 9 heteroatoms. The summed E-state index contributed by atoms with van der Waals surface area (Å²) < 4.78 is 7.23. The van der Waals surface area contributed by atoms with E-state index in [2.05, 4.69) is 39.0 Å². The zero-order valence-corrected chi connectivity index (χ0v) is 17.8. The second-order valence-corrected chi connectivity index (χ2v) is 7.40. The van der Waals surface area contributed by atoms with Gasteiger partial charge in [0.05, 0.1) is 24.3 Å². The predicted octanol–water partition coefficient (Wildman–Crippen LogP) is 3.31. The Morgan fingerprint density at radius 1 is 1.23 bits per heavy atom. The van der Waals surface area contributed by atoms with Crippen molar-refractivity contribution in [3.05, 3.63) is 60.5 Å². The van der Waals surface area contributed by atoms with Crippen LogP contribution in [0.25, 0.3) is 16.9 Å². The third-order valence-electron chi connectivity index (χ3n) is 5.34. The molecule has 0 aliphatic carbocycles. The summed E-state index contributed by atoms with van der Waals surface area (Å²) in [4.78, 5) is 29.1. The van der Waals surface area contributed by atoms with Gasteiger partial charge in [-0.25, -0.2) is 9.97 Å². The minimum atomic E-state index is -0.635. The van der Waals surface area contributed by atoms with Crippen molar-refractivity contribution in [2.24, 2.45) is 0 Å². The lowest BCUT2D eigenvalue weighted by Gasteiger charge is -2.15. The Hall–Kier alpha value is -3.62. The number of aromatic nitrogens is 7. The number of rotatable bonds is 8. The Kier molecular flexibility index (Phi) is 6.01. The number of H-pyrrole nitrogens is 1. The Morgan fingerprint density at radius 3 is 2.77 bits per heavy atom. The second-order valence-electron chi connectivity index (χ2n) is 7.40. The summed E-state index contributed by atoms with van der Waals surface area (Å²) in [5, 5.41) is 8.83. The average molecular weight is 419 g/mol. The van der Waals surface area contributed by atoms with Gasteiger partial charge >= 0.3 is 5.97 Å². The number of nitrogens with zero attached hydrogens (tertiary/aromatic N) is 6. The van der Waals surface area contributed by atoms with E-state index in [4.69, 9.17) is 9.72 Å². The molecule has 4 heterocycles. The number of hydrogen-bond acceptors (Lipinski definition) is 7. The highest BCUT2D eigenvalue weighted by atomic mass is 16.5. The molecule has 2 atom stereocenters. The summed E-state index contributed by atoms with van der Waals surface area (Å²) in [5.74, 6) is -0.300. The number of carbonyl (C=O) groups excluding carboxylic acids is 1. The number of esters is 1. The van der Waals surface area contributed by atoms with E-state index in [9.17, 15) is 4.79 Å². The fourth-order valence-corrected chi connectivity index (χ4v) is 3.49. The van der Waals surface area contributed by atoms with Gasteiger partial charge in [0.1, 0.15) is 5.92 Å². The van der Waals surface area contributed by atoms with E-state index in [0.717, 1.165) is 29.1 Å². The molecule has 0 radical (unpaired) electrons. The first-order valence-electron chi connectivity index (χ1n) is 10.4. The number of ether oxygens (including phenoxy) is 1. The zero-order chi connectivity index (χ0) is 21.8. The summed E-state index contributed by atoms with van der Waals surface area (Å²) in [7, 11) is 0. The van der Waals surface area contributed by atoms with Crippen LogP contribution < -0.4 is 0 Å². The monoisotopic (exact) mass is 419 g/mol. The molecule has 0 fully saturated rings. The normalized spacial score (nSPS) is 13.3. The van der Waals surface area contributed by atoms with E-state index < -0.39 is 5.92 Å². The molecule has 4 rings (SSSR count). The Balaban J connectivity index is 1.89. The summed E-state index contributed by atoms with van der Waals surface area (Å²) in [6, 6.07) is 3.83. The number of aromatic amines is 1. The molecule has 0 spiro atoms. The molecule has 0 amide bonds. The molecule has 4 aromatic heterocycles. The molecule has 0 saturated heterocycles. The molecule has 2 unspecified atom stereocenters. The molecule has 0 saturated carbocycles. The SMILES string of the molecule is CCOC(=O)C(Cc1cnc[nH]1)c1nnc2c(C(C)CC)nc(-c3cccnc3)cn12. The van der Waals surface area contributed by atoms with Crippen molar-refractivity contribution >= 4 is 11.6 Å². The first kappa shape index (κ1) is 20.6. The molecule has 9 nitrogen and oxygen atoms in total. The molecule has 0 aliphatic rings. The molecule has 160 valence electrons. The van der Waals surface area contributed by atoms with Crippen LogP contribution in [-0.2, 0) is 16.0 Å². The maximum atomic E-state index is 12.9. The number of hydrogen-bond donors (Lipinski definition) is 1. The van der Waals surface area contributed by atoms with Gasteiger partial charge in [-0.1, -0.05) is 13.8 Å². The molecule has 4 aromatic rings. The topological polar surface area (TPSA) is 111 Å². The standard InChI is InChI=1S/C22H25N7O2/c1-4-14(3)19-21-28-27-20(17(22(30)31-5-2)9-16-11-24-13-25-16)29(21)12-18(26-19)15-7-6-8-23-10-15/h6-8,10-14,17H,4-5,9H2,1-3H3,(H,24,25). The van der Waals surface area contributed by atoms with Crippen LogP contribution in [0.15, 0.2) is 43.2 Å². The minimum Gasteiger partial charge on any atom is -0.465 e. The first-order chi connectivity index (χ1) is 15.1. The molecule has 0 bridgehead atoms. The van der Waals surface area contributed by atoms with Crippen LogP contribution in [0.3, 0.4) is 0 Å². The van der Waals surface area contributed by atoms with Crippen LogP contribution in [0.4, 0.5) is 0 Å².